The number of aryl methyl sites for hydroxylation is 1. The van der Waals surface area contributed by atoms with Crippen LogP contribution in [0.15, 0.2) is 18.2 Å². The first kappa shape index (κ1) is 20.3. The zero-order valence-electron chi connectivity index (χ0n) is 13.7. The number of rotatable bonds is 5. The normalized spacial score (nSPS) is 17.1. The minimum absolute atomic E-state index is 0. The maximum atomic E-state index is 12.7. The maximum Gasteiger partial charge on any atom is 0.416 e. The fourth-order valence-electron chi connectivity index (χ4n) is 2.99. The molecule has 0 radical (unpaired) electrons. The Labute approximate surface area is 142 Å². The van der Waals surface area contributed by atoms with Crippen LogP contribution in [0.4, 0.5) is 13.2 Å². The summed E-state index contributed by atoms with van der Waals surface area (Å²) in [6.07, 6.45) is -1.94. The van der Waals surface area contributed by atoms with Crippen LogP contribution in [0.3, 0.4) is 0 Å². The molecule has 1 aromatic carbocycles. The molecular weight excluding hydrogens is 325 g/mol. The monoisotopic (exact) mass is 350 g/mol. The molecule has 23 heavy (non-hydrogen) atoms. The van der Waals surface area contributed by atoms with Gasteiger partial charge >= 0.3 is 6.18 Å². The average Bonchev–Trinajstić information content (AvgIpc) is 2.47. The second-order valence-corrected chi connectivity index (χ2v) is 6.17. The first-order valence-electron chi connectivity index (χ1n) is 8.00. The number of hydrogen-bond donors (Lipinski definition) is 1. The van der Waals surface area contributed by atoms with Crippen molar-refractivity contribution in [3.05, 3.63) is 34.9 Å². The van der Waals surface area contributed by atoms with E-state index < -0.39 is 11.7 Å². The highest BCUT2D eigenvalue weighted by Crippen LogP contribution is 2.31. The largest absolute Gasteiger partial charge is 0.416 e. The van der Waals surface area contributed by atoms with Crippen LogP contribution in [-0.4, -0.2) is 31.1 Å². The van der Waals surface area contributed by atoms with E-state index in [1.807, 2.05) is 0 Å². The van der Waals surface area contributed by atoms with E-state index in [0.29, 0.717) is 0 Å². The average molecular weight is 351 g/mol. The fourth-order valence-corrected chi connectivity index (χ4v) is 2.99. The van der Waals surface area contributed by atoms with Crippen LogP contribution in [0.1, 0.15) is 36.5 Å². The quantitative estimate of drug-likeness (QED) is 0.853. The molecule has 0 unspecified atom stereocenters. The van der Waals surface area contributed by atoms with Gasteiger partial charge in [-0.2, -0.15) is 13.2 Å². The predicted octanol–water partition coefficient (Wildman–Crippen LogP) is 4.26. The van der Waals surface area contributed by atoms with Crippen LogP contribution in [-0.2, 0) is 12.7 Å². The Morgan fingerprint density at radius 3 is 2.39 bits per heavy atom. The molecule has 0 aliphatic carbocycles. The number of nitrogens with one attached hydrogen (secondary N) is 1. The Bertz CT molecular complexity index is 483. The van der Waals surface area contributed by atoms with E-state index in [2.05, 4.69) is 17.1 Å². The number of likely N-dealkylation sites (tertiary alicyclic amines) is 1. The third kappa shape index (κ3) is 5.98. The van der Waals surface area contributed by atoms with Gasteiger partial charge in [0.25, 0.3) is 0 Å². The molecule has 2 nitrogen and oxygen atoms in total. The summed E-state index contributed by atoms with van der Waals surface area (Å²) in [6.45, 7) is 8.75. The third-order valence-corrected chi connectivity index (χ3v) is 4.45. The number of hydrogen-bond acceptors (Lipinski definition) is 2. The van der Waals surface area contributed by atoms with Gasteiger partial charge in [0.1, 0.15) is 0 Å². The van der Waals surface area contributed by atoms with Gasteiger partial charge in [0.2, 0.25) is 0 Å². The minimum Gasteiger partial charge on any atom is -0.317 e. The van der Waals surface area contributed by atoms with Crippen LogP contribution in [0.25, 0.3) is 0 Å². The van der Waals surface area contributed by atoms with Crippen molar-refractivity contribution in [2.24, 2.45) is 5.92 Å². The van der Waals surface area contributed by atoms with Gasteiger partial charge in [-0.25, -0.2) is 0 Å². The van der Waals surface area contributed by atoms with E-state index in [1.165, 1.54) is 12.1 Å². The van der Waals surface area contributed by atoms with Gasteiger partial charge in [-0.1, -0.05) is 13.0 Å². The molecule has 0 aromatic heterocycles. The van der Waals surface area contributed by atoms with E-state index in [-0.39, 0.29) is 12.4 Å². The third-order valence-electron chi connectivity index (χ3n) is 4.45. The van der Waals surface area contributed by atoms with Crippen molar-refractivity contribution in [1.29, 1.82) is 0 Å². The van der Waals surface area contributed by atoms with E-state index >= 15 is 0 Å². The van der Waals surface area contributed by atoms with Gasteiger partial charge in [-0.05, 0) is 75.1 Å². The van der Waals surface area contributed by atoms with E-state index in [4.69, 9.17) is 0 Å². The van der Waals surface area contributed by atoms with Gasteiger partial charge in [0.15, 0.2) is 0 Å². The fraction of sp³-hybridized carbons (Fsp3) is 0.647. The number of benzene rings is 1. The molecule has 1 fully saturated rings. The van der Waals surface area contributed by atoms with Crippen molar-refractivity contribution < 1.29 is 13.2 Å². The molecule has 1 saturated heterocycles. The molecule has 0 saturated carbocycles. The molecule has 1 aliphatic heterocycles. The van der Waals surface area contributed by atoms with Crippen LogP contribution in [0.2, 0.25) is 0 Å². The molecule has 0 atom stereocenters. The Balaban J connectivity index is 0.00000264. The lowest BCUT2D eigenvalue weighted by Crippen LogP contribution is -2.37. The molecule has 2 rings (SSSR count). The first-order valence-corrected chi connectivity index (χ1v) is 8.00. The molecular formula is C17H26ClF3N2. The molecule has 1 N–H and O–H groups in total. The smallest absolute Gasteiger partial charge is 0.317 e. The molecule has 1 aromatic rings. The summed E-state index contributed by atoms with van der Waals surface area (Å²) in [6, 6.07) is 4.08. The summed E-state index contributed by atoms with van der Waals surface area (Å²) in [5, 5.41) is 3.39. The Morgan fingerprint density at radius 1 is 1.22 bits per heavy atom. The second-order valence-electron chi connectivity index (χ2n) is 6.17. The molecule has 0 spiro atoms. The van der Waals surface area contributed by atoms with Gasteiger partial charge < -0.3 is 5.32 Å². The Hall–Kier alpha value is -0.780. The van der Waals surface area contributed by atoms with E-state index in [0.717, 1.165) is 62.6 Å². The number of nitrogens with zero attached hydrogens (tertiary/aromatic N) is 1. The summed E-state index contributed by atoms with van der Waals surface area (Å²) in [4.78, 5) is 2.35. The van der Waals surface area contributed by atoms with Crippen LogP contribution in [0.5, 0.6) is 0 Å². The zero-order chi connectivity index (χ0) is 16.2. The molecule has 6 heteroatoms. The van der Waals surface area contributed by atoms with Crippen molar-refractivity contribution in [3.63, 3.8) is 0 Å². The van der Waals surface area contributed by atoms with Gasteiger partial charge in [-0.15, -0.1) is 12.4 Å². The first-order chi connectivity index (χ1) is 10.4. The van der Waals surface area contributed by atoms with Gasteiger partial charge in [0.05, 0.1) is 5.56 Å². The van der Waals surface area contributed by atoms with Crippen molar-refractivity contribution in [2.75, 3.05) is 26.2 Å². The summed E-state index contributed by atoms with van der Waals surface area (Å²) < 4.78 is 38.1. The van der Waals surface area contributed by atoms with E-state index in [1.54, 1.807) is 13.0 Å². The molecule has 0 amide bonds. The van der Waals surface area contributed by atoms with Crippen molar-refractivity contribution in [1.82, 2.24) is 10.2 Å². The molecule has 1 aliphatic rings. The Kier molecular flexibility index (Phi) is 7.84. The van der Waals surface area contributed by atoms with E-state index in [9.17, 15) is 13.2 Å². The summed E-state index contributed by atoms with van der Waals surface area (Å²) in [5.74, 6) is 0.727. The van der Waals surface area contributed by atoms with Crippen LogP contribution >= 0.6 is 12.4 Å². The van der Waals surface area contributed by atoms with Crippen molar-refractivity contribution in [3.8, 4) is 0 Å². The van der Waals surface area contributed by atoms with Crippen molar-refractivity contribution in [2.45, 2.75) is 39.4 Å². The second kappa shape index (κ2) is 8.90. The lowest BCUT2D eigenvalue weighted by molar-refractivity contribution is -0.137. The predicted molar refractivity (Wildman–Crippen MR) is 90.0 cm³/mol. The standard InChI is InChI=1S/C17H25F3N2.ClH/c1-3-21-11-14-6-8-22(9-7-14)12-15-4-5-16(10-13(15)2)17(18,19)20;/h4-5,10,14,21H,3,6-9,11-12H2,1-2H3;1H. The van der Waals surface area contributed by atoms with Gasteiger partial charge in [-0.3, -0.25) is 4.90 Å². The highest BCUT2D eigenvalue weighted by Gasteiger charge is 2.30. The molecule has 0 bridgehead atoms. The highest BCUT2D eigenvalue weighted by molar-refractivity contribution is 5.85. The topological polar surface area (TPSA) is 15.3 Å². The van der Waals surface area contributed by atoms with Crippen LogP contribution in [0, 0.1) is 12.8 Å². The molecule has 1 heterocycles. The zero-order valence-corrected chi connectivity index (χ0v) is 14.6. The summed E-state index contributed by atoms with van der Waals surface area (Å²) >= 11 is 0. The highest BCUT2D eigenvalue weighted by atomic mass is 35.5. The summed E-state index contributed by atoms with van der Waals surface area (Å²) in [5.41, 5.74) is 1.17. The van der Waals surface area contributed by atoms with Gasteiger partial charge in [0, 0.05) is 6.54 Å². The maximum absolute atomic E-state index is 12.7. The minimum atomic E-state index is -4.26. The lowest BCUT2D eigenvalue weighted by Gasteiger charge is -2.32. The molecule has 132 valence electrons. The number of halogens is 4. The lowest BCUT2D eigenvalue weighted by atomic mass is 9.96. The van der Waals surface area contributed by atoms with Crippen molar-refractivity contribution >= 4 is 12.4 Å². The summed E-state index contributed by atoms with van der Waals surface area (Å²) in [7, 11) is 0. The number of alkyl halides is 3. The SMILES string of the molecule is CCNCC1CCN(Cc2ccc(C(F)(F)F)cc2C)CC1.Cl. The van der Waals surface area contributed by atoms with Crippen LogP contribution < -0.4 is 5.32 Å². The number of piperidine rings is 1. The Morgan fingerprint density at radius 2 is 1.87 bits per heavy atom.